The van der Waals surface area contributed by atoms with Crippen molar-refractivity contribution in [1.29, 1.82) is 0 Å². The Balaban J connectivity index is 1.75. The SMILES string of the molecule is CN1CCN(C(CNC(=O)c2cc(Cl)ccc2Cl)c2ccc(F)cc2)CC1. The number of hydrogen-bond acceptors (Lipinski definition) is 3. The van der Waals surface area contributed by atoms with Gasteiger partial charge < -0.3 is 10.2 Å². The Kier molecular flexibility index (Phi) is 6.71. The van der Waals surface area contributed by atoms with Crippen LogP contribution in [0.2, 0.25) is 10.0 Å². The highest BCUT2D eigenvalue weighted by Crippen LogP contribution is 2.24. The number of nitrogens with zero attached hydrogens (tertiary/aromatic N) is 2. The van der Waals surface area contributed by atoms with Crippen LogP contribution in [0.25, 0.3) is 0 Å². The highest BCUT2D eigenvalue weighted by Gasteiger charge is 2.25. The third kappa shape index (κ3) is 5.20. The molecule has 2 aromatic rings. The normalized spacial score (nSPS) is 16.9. The predicted molar refractivity (Wildman–Crippen MR) is 107 cm³/mol. The zero-order valence-corrected chi connectivity index (χ0v) is 16.6. The largest absolute Gasteiger partial charge is 0.350 e. The molecule has 7 heteroatoms. The van der Waals surface area contributed by atoms with Crippen LogP contribution >= 0.6 is 23.2 Å². The van der Waals surface area contributed by atoms with Gasteiger partial charge in [-0.25, -0.2) is 4.39 Å². The molecule has 1 saturated heterocycles. The van der Waals surface area contributed by atoms with E-state index in [9.17, 15) is 9.18 Å². The number of halogens is 3. The van der Waals surface area contributed by atoms with Crippen LogP contribution in [-0.4, -0.2) is 55.5 Å². The van der Waals surface area contributed by atoms with E-state index >= 15 is 0 Å². The smallest absolute Gasteiger partial charge is 0.252 e. The molecule has 1 aliphatic rings. The fourth-order valence-corrected chi connectivity index (χ4v) is 3.61. The molecular formula is C20H22Cl2FN3O. The lowest BCUT2D eigenvalue weighted by Gasteiger charge is -2.38. The van der Waals surface area contributed by atoms with Gasteiger partial charge in [0.15, 0.2) is 0 Å². The van der Waals surface area contributed by atoms with Crippen molar-refractivity contribution in [2.75, 3.05) is 39.8 Å². The average molecular weight is 410 g/mol. The zero-order valence-electron chi connectivity index (χ0n) is 15.1. The van der Waals surface area contributed by atoms with Crippen molar-refractivity contribution < 1.29 is 9.18 Å². The van der Waals surface area contributed by atoms with Crippen molar-refractivity contribution >= 4 is 29.1 Å². The molecule has 0 saturated carbocycles. The number of nitrogens with one attached hydrogen (secondary N) is 1. The van der Waals surface area contributed by atoms with E-state index in [1.807, 2.05) is 0 Å². The van der Waals surface area contributed by atoms with Gasteiger partial charge in [0.05, 0.1) is 16.6 Å². The monoisotopic (exact) mass is 409 g/mol. The maximum Gasteiger partial charge on any atom is 0.252 e. The maximum atomic E-state index is 13.3. The summed E-state index contributed by atoms with van der Waals surface area (Å²) >= 11 is 12.1. The summed E-state index contributed by atoms with van der Waals surface area (Å²) in [6.45, 7) is 4.06. The molecule has 144 valence electrons. The van der Waals surface area contributed by atoms with Crippen LogP contribution in [-0.2, 0) is 0 Å². The molecule has 0 aromatic heterocycles. The minimum Gasteiger partial charge on any atom is -0.350 e. The van der Waals surface area contributed by atoms with Gasteiger partial charge >= 0.3 is 0 Å². The maximum absolute atomic E-state index is 13.3. The van der Waals surface area contributed by atoms with Gasteiger partial charge in [0.1, 0.15) is 5.82 Å². The van der Waals surface area contributed by atoms with Gasteiger partial charge in [-0.15, -0.1) is 0 Å². The highest BCUT2D eigenvalue weighted by atomic mass is 35.5. The molecular weight excluding hydrogens is 388 g/mol. The Morgan fingerprint density at radius 1 is 1.11 bits per heavy atom. The van der Waals surface area contributed by atoms with Gasteiger partial charge in [-0.05, 0) is 42.9 Å². The lowest BCUT2D eigenvalue weighted by Crippen LogP contribution is -2.48. The number of carbonyl (C=O) groups excluding carboxylic acids is 1. The summed E-state index contributed by atoms with van der Waals surface area (Å²) in [5, 5.41) is 3.77. The second kappa shape index (κ2) is 9.02. The first-order valence-electron chi connectivity index (χ1n) is 8.85. The van der Waals surface area contributed by atoms with Gasteiger partial charge in [0.2, 0.25) is 0 Å². The zero-order chi connectivity index (χ0) is 19.4. The number of likely N-dealkylation sites (N-methyl/N-ethyl adjacent to an activating group) is 1. The first-order valence-corrected chi connectivity index (χ1v) is 9.61. The van der Waals surface area contributed by atoms with Crippen LogP contribution in [0.5, 0.6) is 0 Å². The van der Waals surface area contributed by atoms with Crippen molar-refractivity contribution in [2.24, 2.45) is 0 Å². The van der Waals surface area contributed by atoms with E-state index in [1.54, 1.807) is 30.3 Å². The summed E-state index contributed by atoms with van der Waals surface area (Å²) in [5.74, 6) is -0.547. The van der Waals surface area contributed by atoms with Crippen LogP contribution in [0.1, 0.15) is 22.0 Å². The summed E-state index contributed by atoms with van der Waals surface area (Å²) in [6, 6.07) is 11.2. The van der Waals surface area contributed by atoms with Crippen molar-refractivity contribution in [1.82, 2.24) is 15.1 Å². The molecule has 1 N–H and O–H groups in total. The fraction of sp³-hybridized carbons (Fsp3) is 0.350. The molecule has 1 aliphatic heterocycles. The van der Waals surface area contributed by atoms with Gasteiger partial charge in [0, 0.05) is 37.7 Å². The Bertz CT molecular complexity index is 792. The molecule has 0 spiro atoms. The lowest BCUT2D eigenvalue weighted by atomic mass is 10.0. The van der Waals surface area contributed by atoms with E-state index in [0.717, 1.165) is 31.7 Å². The Morgan fingerprint density at radius 2 is 1.78 bits per heavy atom. The Labute approximate surface area is 168 Å². The van der Waals surface area contributed by atoms with Crippen molar-refractivity contribution in [3.63, 3.8) is 0 Å². The molecule has 3 rings (SSSR count). The van der Waals surface area contributed by atoms with E-state index < -0.39 is 0 Å². The van der Waals surface area contributed by atoms with Crippen molar-refractivity contribution in [3.05, 3.63) is 69.5 Å². The molecule has 4 nitrogen and oxygen atoms in total. The van der Waals surface area contributed by atoms with Crippen LogP contribution < -0.4 is 5.32 Å². The Hall–Kier alpha value is -1.66. The summed E-state index contributed by atoms with van der Waals surface area (Å²) in [5.41, 5.74) is 1.32. The second-order valence-corrected chi connectivity index (χ2v) is 7.58. The number of carbonyl (C=O) groups is 1. The van der Waals surface area contributed by atoms with E-state index in [0.29, 0.717) is 22.2 Å². The van der Waals surface area contributed by atoms with Crippen molar-refractivity contribution in [3.8, 4) is 0 Å². The van der Waals surface area contributed by atoms with E-state index in [1.165, 1.54) is 12.1 Å². The van der Waals surface area contributed by atoms with Crippen LogP contribution in [0.4, 0.5) is 4.39 Å². The molecule has 0 aliphatic carbocycles. The standard InChI is InChI=1S/C20H22Cl2FN3O/c1-25-8-10-26(11-9-25)19(14-2-5-16(23)6-3-14)13-24-20(27)17-12-15(21)4-7-18(17)22/h2-7,12,19H,8-11,13H2,1H3,(H,24,27). The summed E-state index contributed by atoms with van der Waals surface area (Å²) in [4.78, 5) is 17.2. The third-order valence-electron chi connectivity index (χ3n) is 4.86. The first kappa shape index (κ1) is 20.1. The first-order chi connectivity index (χ1) is 12.9. The van der Waals surface area contributed by atoms with Gasteiger partial charge in [0.25, 0.3) is 5.91 Å². The van der Waals surface area contributed by atoms with Crippen molar-refractivity contribution in [2.45, 2.75) is 6.04 Å². The van der Waals surface area contributed by atoms with E-state index in [-0.39, 0.29) is 17.8 Å². The number of piperazine rings is 1. The average Bonchev–Trinajstić information content (AvgIpc) is 2.66. The fourth-order valence-electron chi connectivity index (χ4n) is 3.23. The molecule has 27 heavy (non-hydrogen) atoms. The number of rotatable bonds is 5. The quantitative estimate of drug-likeness (QED) is 0.814. The van der Waals surface area contributed by atoms with E-state index in [2.05, 4.69) is 22.2 Å². The molecule has 1 fully saturated rings. The predicted octanol–water partition coefficient (Wildman–Crippen LogP) is 3.85. The van der Waals surface area contributed by atoms with Gasteiger partial charge in [-0.1, -0.05) is 35.3 Å². The van der Waals surface area contributed by atoms with Crippen LogP contribution in [0.15, 0.2) is 42.5 Å². The van der Waals surface area contributed by atoms with Crippen LogP contribution in [0.3, 0.4) is 0 Å². The minimum atomic E-state index is -0.274. The summed E-state index contributed by atoms with van der Waals surface area (Å²) < 4.78 is 13.3. The highest BCUT2D eigenvalue weighted by molar-refractivity contribution is 6.35. The molecule has 0 radical (unpaired) electrons. The molecule has 0 bridgehead atoms. The number of amides is 1. The molecule has 1 amide bonds. The summed E-state index contributed by atoms with van der Waals surface area (Å²) in [7, 11) is 2.09. The van der Waals surface area contributed by atoms with Gasteiger partial charge in [-0.2, -0.15) is 0 Å². The van der Waals surface area contributed by atoms with E-state index in [4.69, 9.17) is 23.2 Å². The Morgan fingerprint density at radius 3 is 2.44 bits per heavy atom. The third-order valence-corrected chi connectivity index (χ3v) is 5.43. The molecule has 1 unspecified atom stereocenters. The number of benzene rings is 2. The van der Waals surface area contributed by atoms with Gasteiger partial charge in [-0.3, -0.25) is 9.69 Å². The van der Waals surface area contributed by atoms with Crippen LogP contribution in [0, 0.1) is 5.82 Å². The molecule has 1 heterocycles. The second-order valence-electron chi connectivity index (χ2n) is 6.74. The number of hydrogen-bond donors (Lipinski definition) is 1. The summed E-state index contributed by atoms with van der Waals surface area (Å²) in [6.07, 6.45) is 0. The lowest BCUT2D eigenvalue weighted by molar-refractivity contribution is 0.0886. The topological polar surface area (TPSA) is 35.6 Å². The minimum absolute atomic E-state index is 0.0405. The molecule has 1 atom stereocenters. The molecule has 2 aromatic carbocycles.